The van der Waals surface area contributed by atoms with Gasteiger partial charge in [-0.05, 0) is 12.1 Å². The van der Waals surface area contributed by atoms with Gasteiger partial charge in [-0.3, -0.25) is 14.4 Å². The Labute approximate surface area is 180 Å². The van der Waals surface area contributed by atoms with Crippen molar-refractivity contribution < 1.29 is 48.0 Å². The Kier molecular flexibility index (Phi) is 8.18. The highest BCUT2D eigenvalue weighted by Gasteiger charge is 2.51. The molecule has 5 atom stereocenters. The van der Waals surface area contributed by atoms with Gasteiger partial charge in [-0.15, -0.1) is 0 Å². The first-order valence-corrected chi connectivity index (χ1v) is 9.78. The number of phenols is 1. The van der Waals surface area contributed by atoms with Crippen molar-refractivity contribution in [1.82, 2.24) is 0 Å². The Morgan fingerprint density at radius 1 is 0.967 bits per heavy atom. The molecule has 0 aromatic heterocycles. The van der Waals surface area contributed by atoms with Gasteiger partial charge in [0, 0.05) is 20.8 Å². The third-order valence-electron chi connectivity index (χ3n) is 3.98. The lowest BCUT2D eigenvalue weighted by Gasteiger charge is -2.42. The molecule has 30 heavy (non-hydrogen) atoms. The largest absolute Gasteiger partial charge is 0.507 e. The van der Waals surface area contributed by atoms with Gasteiger partial charge in [0.2, 0.25) is 6.29 Å². The van der Waals surface area contributed by atoms with Crippen LogP contribution >= 0.6 is 15.9 Å². The van der Waals surface area contributed by atoms with Crippen molar-refractivity contribution in [2.45, 2.75) is 50.2 Å². The molecule has 1 heterocycles. The molecule has 2 rings (SSSR count). The maximum atomic E-state index is 12.5. The van der Waals surface area contributed by atoms with Crippen LogP contribution in [0.3, 0.4) is 0 Å². The quantitative estimate of drug-likeness (QED) is 0.356. The van der Waals surface area contributed by atoms with Crippen LogP contribution in [0.1, 0.15) is 31.1 Å². The summed E-state index contributed by atoms with van der Waals surface area (Å²) in [4.78, 5) is 45.9. The Hall–Kier alpha value is -2.66. The van der Waals surface area contributed by atoms with Crippen LogP contribution in [0, 0.1) is 0 Å². The summed E-state index contributed by atoms with van der Waals surface area (Å²) in [5.41, 5.74) is -0.108. The highest BCUT2D eigenvalue weighted by Crippen LogP contribution is 2.33. The lowest BCUT2D eigenvalue weighted by Crippen LogP contribution is -2.60. The number of carbonyl (C=O) groups excluding carboxylic acids is 4. The van der Waals surface area contributed by atoms with Crippen molar-refractivity contribution in [3.05, 3.63) is 29.8 Å². The number of carbonyl (C=O) groups is 4. The van der Waals surface area contributed by atoms with Crippen LogP contribution in [-0.4, -0.2) is 65.0 Å². The van der Waals surface area contributed by atoms with Gasteiger partial charge in [0.1, 0.15) is 28.9 Å². The number of hydrogen-bond acceptors (Lipinski definition) is 10. The van der Waals surface area contributed by atoms with E-state index in [-0.39, 0.29) is 17.9 Å². The second-order valence-corrected chi connectivity index (χ2v) is 7.42. The molecule has 1 N–H and O–H groups in total. The van der Waals surface area contributed by atoms with Crippen LogP contribution in [0.25, 0.3) is 0 Å². The Bertz CT molecular complexity index is 810. The molecule has 1 aliphatic rings. The van der Waals surface area contributed by atoms with E-state index in [4.69, 9.17) is 23.7 Å². The van der Waals surface area contributed by atoms with Gasteiger partial charge in [-0.1, -0.05) is 28.1 Å². The number of para-hydroxylation sites is 1. The second kappa shape index (κ2) is 10.4. The SMILES string of the molecule is CC(=O)OC[C@H]1O[C@@H](OC(=O)c2ccccc2O)[C@H](Br)[C@@H](OC(C)=O)[C@@H]1OC(C)=O. The number of halogens is 1. The van der Waals surface area contributed by atoms with Crippen LogP contribution in [0.15, 0.2) is 24.3 Å². The van der Waals surface area contributed by atoms with Gasteiger partial charge in [-0.2, -0.15) is 0 Å². The van der Waals surface area contributed by atoms with E-state index in [0.29, 0.717) is 0 Å². The number of rotatable bonds is 6. The molecule has 1 saturated heterocycles. The van der Waals surface area contributed by atoms with E-state index in [9.17, 15) is 24.3 Å². The maximum Gasteiger partial charge on any atom is 0.344 e. The van der Waals surface area contributed by atoms with Gasteiger partial charge in [-0.25, -0.2) is 4.79 Å². The van der Waals surface area contributed by atoms with E-state index in [2.05, 4.69) is 15.9 Å². The molecule has 0 spiro atoms. The number of phenolic OH excluding ortho intramolecular Hbond substituents is 1. The molecule has 1 aromatic rings. The smallest absolute Gasteiger partial charge is 0.344 e. The minimum Gasteiger partial charge on any atom is -0.507 e. The topological polar surface area (TPSA) is 135 Å². The summed E-state index contributed by atoms with van der Waals surface area (Å²) in [6, 6.07) is 5.73. The summed E-state index contributed by atoms with van der Waals surface area (Å²) >= 11 is 3.27. The Morgan fingerprint density at radius 3 is 2.13 bits per heavy atom. The normalized spacial score (nSPS) is 25.7. The summed E-state index contributed by atoms with van der Waals surface area (Å²) in [5, 5.41) is 9.85. The molecule has 0 aliphatic carbocycles. The van der Waals surface area contributed by atoms with Gasteiger partial charge in [0.25, 0.3) is 0 Å². The number of ether oxygens (including phenoxy) is 5. The number of aromatic hydroxyl groups is 1. The average molecular weight is 489 g/mol. The van der Waals surface area contributed by atoms with Crippen molar-refractivity contribution in [2.24, 2.45) is 0 Å². The molecule has 0 bridgehead atoms. The summed E-state index contributed by atoms with van der Waals surface area (Å²) < 4.78 is 26.5. The van der Waals surface area contributed by atoms with Crippen molar-refractivity contribution in [2.75, 3.05) is 6.61 Å². The minimum absolute atomic E-state index is 0.108. The van der Waals surface area contributed by atoms with Gasteiger partial charge >= 0.3 is 23.9 Å². The number of alkyl halides is 1. The van der Waals surface area contributed by atoms with Gasteiger partial charge in [0.15, 0.2) is 12.2 Å². The van der Waals surface area contributed by atoms with Crippen molar-refractivity contribution in [3.63, 3.8) is 0 Å². The van der Waals surface area contributed by atoms with Gasteiger partial charge in [0.05, 0.1) is 0 Å². The van der Waals surface area contributed by atoms with Crippen LogP contribution in [-0.2, 0) is 38.1 Å². The van der Waals surface area contributed by atoms with Crippen LogP contribution < -0.4 is 0 Å². The second-order valence-electron chi connectivity index (χ2n) is 6.36. The lowest BCUT2D eigenvalue weighted by molar-refractivity contribution is -0.247. The third-order valence-corrected chi connectivity index (χ3v) is 4.93. The van der Waals surface area contributed by atoms with E-state index >= 15 is 0 Å². The van der Waals surface area contributed by atoms with Gasteiger partial charge < -0.3 is 28.8 Å². The number of benzene rings is 1. The zero-order valence-electron chi connectivity index (χ0n) is 16.4. The minimum atomic E-state index is -1.33. The first-order chi connectivity index (χ1) is 14.1. The highest BCUT2D eigenvalue weighted by atomic mass is 79.9. The molecule has 0 unspecified atom stereocenters. The zero-order valence-corrected chi connectivity index (χ0v) is 18.0. The molecule has 164 valence electrons. The molecule has 0 amide bonds. The van der Waals surface area contributed by atoms with Crippen molar-refractivity contribution >= 4 is 39.8 Å². The first-order valence-electron chi connectivity index (χ1n) is 8.86. The predicted molar refractivity (Wildman–Crippen MR) is 103 cm³/mol. The standard InChI is InChI=1S/C19H21BrO10/c1-9(21)26-8-14-16(27-10(2)22)17(28-11(3)23)15(20)19(29-14)30-18(25)12-6-4-5-7-13(12)24/h4-7,14-17,19,24H,8H2,1-3H3/t14-,15-,16-,17-,19+/m1/s1. The molecular weight excluding hydrogens is 468 g/mol. The molecule has 0 radical (unpaired) electrons. The fourth-order valence-electron chi connectivity index (χ4n) is 2.77. The average Bonchev–Trinajstić information content (AvgIpc) is 2.65. The van der Waals surface area contributed by atoms with Crippen LogP contribution in [0.5, 0.6) is 5.75 Å². The van der Waals surface area contributed by atoms with Crippen molar-refractivity contribution in [3.8, 4) is 5.75 Å². The van der Waals surface area contributed by atoms with E-state index in [1.54, 1.807) is 0 Å². The predicted octanol–water partition coefficient (Wildman–Crippen LogP) is 1.46. The first kappa shape index (κ1) is 23.6. The summed E-state index contributed by atoms with van der Waals surface area (Å²) in [6.07, 6.45) is -4.69. The monoisotopic (exact) mass is 488 g/mol. The van der Waals surface area contributed by atoms with Crippen LogP contribution in [0.2, 0.25) is 0 Å². The fraction of sp³-hybridized carbons (Fsp3) is 0.474. The molecule has 1 fully saturated rings. The third kappa shape index (κ3) is 6.17. The molecule has 1 aliphatic heterocycles. The maximum absolute atomic E-state index is 12.5. The van der Waals surface area contributed by atoms with Crippen LogP contribution in [0.4, 0.5) is 0 Å². The summed E-state index contributed by atoms with van der Waals surface area (Å²) in [6.45, 7) is 3.14. The Balaban J connectivity index is 2.30. The molecule has 11 heteroatoms. The highest BCUT2D eigenvalue weighted by molar-refractivity contribution is 9.09. The number of esters is 4. The van der Waals surface area contributed by atoms with E-state index in [0.717, 1.165) is 13.8 Å². The zero-order chi connectivity index (χ0) is 22.4. The van der Waals surface area contributed by atoms with E-state index in [1.165, 1.54) is 31.2 Å². The molecule has 0 saturated carbocycles. The summed E-state index contributed by atoms with van der Waals surface area (Å²) in [5.74, 6) is -3.18. The Morgan fingerprint density at radius 2 is 1.57 bits per heavy atom. The molecule has 1 aromatic carbocycles. The lowest BCUT2D eigenvalue weighted by atomic mass is 10.0. The summed E-state index contributed by atoms with van der Waals surface area (Å²) in [7, 11) is 0. The molecular formula is C19H21BrO10. The van der Waals surface area contributed by atoms with Crippen molar-refractivity contribution in [1.29, 1.82) is 0 Å². The number of hydrogen-bond donors (Lipinski definition) is 1. The van der Waals surface area contributed by atoms with E-state index in [1.807, 2.05) is 0 Å². The molecule has 10 nitrogen and oxygen atoms in total. The van der Waals surface area contributed by atoms with E-state index < -0.39 is 53.3 Å². The fourth-order valence-corrected chi connectivity index (χ4v) is 3.41.